The fraction of sp³-hybridized carbons (Fsp3) is 0. The smallest absolute Gasteiger partial charge is 0.268 e. The highest BCUT2D eigenvalue weighted by Gasteiger charge is 2.38. The van der Waals surface area contributed by atoms with Gasteiger partial charge in [-0.15, -0.1) is 11.3 Å². The quantitative estimate of drug-likeness (QED) is 0.657. The summed E-state index contributed by atoms with van der Waals surface area (Å²) in [7, 11) is 0. The Morgan fingerprint density at radius 2 is 1.69 bits per heavy atom. The van der Waals surface area contributed by atoms with Crippen LogP contribution in [-0.4, -0.2) is 22.8 Å². The summed E-state index contributed by atoms with van der Waals surface area (Å²) < 4.78 is 5.64. The summed E-state index contributed by atoms with van der Waals surface area (Å²) in [4.78, 5) is 40.8. The topological polar surface area (TPSA) is 99.6 Å². The van der Waals surface area contributed by atoms with E-state index >= 15 is 0 Å². The van der Waals surface area contributed by atoms with Crippen LogP contribution in [0.3, 0.4) is 0 Å². The molecule has 0 fully saturated rings. The number of aromatic carboxylic acids is 1. The van der Waals surface area contributed by atoms with Crippen LogP contribution in [0.1, 0.15) is 31.1 Å². The number of carboxylic acids is 1. The van der Waals surface area contributed by atoms with Crippen LogP contribution in [-0.2, 0) is 0 Å². The number of benzene rings is 2. The molecule has 2 amide bonds. The molecule has 26 heavy (non-hydrogen) atoms. The minimum atomic E-state index is -1.28. The number of carbonyl (C=O) groups is 3. The van der Waals surface area contributed by atoms with E-state index in [9.17, 15) is 19.5 Å². The first kappa shape index (κ1) is 16.0. The number of carboxylic acid groups (broad SMARTS) is 1. The lowest BCUT2D eigenvalue weighted by atomic mass is 10.1. The number of rotatable bonds is 4. The van der Waals surface area contributed by atoms with Crippen molar-refractivity contribution < 1.29 is 24.2 Å². The standard InChI is InChI=1S/C18H10N2O5S/c21-15-13-6-5-12(25-11-3-1-10(2-4-11)17(23)24)9-14(13)16(22)20(15)18-19-7-8-26-18/h1-9H,(H,23,24)/p-1. The molecule has 7 nitrogen and oxygen atoms in total. The summed E-state index contributed by atoms with van der Waals surface area (Å²) in [5, 5.41) is 12.8. The van der Waals surface area contributed by atoms with Crippen LogP contribution in [0.2, 0.25) is 0 Å². The summed E-state index contributed by atoms with van der Waals surface area (Å²) in [5.74, 6) is -1.42. The average Bonchev–Trinajstić information content (AvgIpc) is 3.23. The normalized spacial score (nSPS) is 13.0. The van der Waals surface area contributed by atoms with Crippen molar-refractivity contribution in [2.45, 2.75) is 0 Å². The molecule has 0 N–H and O–H groups in total. The monoisotopic (exact) mass is 365 g/mol. The number of amides is 2. The van der Waals surface area contributed by atoms with Gasteiger partial charge in [0.25, 0.3) is 11.8 Å². The third-order valence-corrected chi connectivity index (χ3v) is 4.55. The van der Waals surface area contributed by atoms with Crippen molar-refractivity contribution >= 4 is 34.3 Å². The molecular formula is C18H9N2O5S-. The van der Waals surface area contributed by atoms with Crippen LogP contribution in [0.5, 0.6) is 11.5 Å². The van der Waals surface area contributed by atoms with Crippen molar-refractivity contribution in [2.24, 2.45) is 0 Å². The first-order valence-electron chi connectivity index (χ1n) is 7.46. The van der Waals surface area contributed by atoms with Gasteiger partial charge < -0.3 is 14.6 Å². The first-order valence-corrected chi connectivity index (χ1v) is 8.34. The van der Waals surface area contributed by atoms with Gasteiger partial charge in [-0.05, 0) is 48.0 Å². The second kappa shape index (κ2) is 6.08. The number of hydrogen-bond acceptors (Lipinski definition) is 7. The molecule has 0 saturated heterocycles. The van der Waals surface area contributed by atoms with Crippen LogP contribution in [0.15, 0.2) is 54.0 Å². The highest BCUT2D eigenvalue weighted by atomic mass is 32.1. The maximum Gasteiger partial charge on any atom is 0.268 e. The maximum absolute atomic E-state index is 12.6. The zero-order chi connectivity index (χ0) is 18.3. The van der Waals surface area contributed by atoms with Crippen molar-refractivity contribution in [3.05, 3.63) is 70.7 Å². The molecule has 0 saturated carbocycles. The Morgan fingerprint density at radius 3 is 2.35 bits per heavy atom. The third-order valence-electron chi connectivity index (χ3n) is 3.79. The molecule has 1 aliphatic rings. The molecule has 0 spiro atoms. The van der Waals surface area contributed by atoms with Crippen molar-refractivity contribution in [3.63, 3.8) is 0 Å². The van der Waals surface area contributed by atoms with E-state index in [4.69, 9.17) is 4.74 Å². The van der Waals surface area contributed by atoms with E-state index in [2.05, 4.69) is 4.98 Å². The molecule has 128 valence electrons. The van der Waals surface area contributed by atoms with Gasteiger partial charge in [0, 0.05) is 11.6 Å². The molecule has 0 radical (unpaired) electrons. The number of anilines is 1. The van der Waals surface area contributed by atoms with Crippen molar-refractivity contribution in [2.75, 3.05) is 4.90 Å². The Hall–Kier alpha value is -3.52. The summed E-state index contributed by atoms with van der Waals surface area (Å²) >= 11 is 1.20. The fourth-order valence-electron chi connectivity index (χ4n) is 2.58. The van der Waals surface area contributed by atoms with Gasteiger partial charge in [0.05, 0.1) is 17.1 Å². The van der Waals surface area contributed by atoms with E-state index in [0.717, 1.165) is 4.90 Å². The predicted octanol–water partition coefficient (Wildman–Crippen LogP) is 2.10. The largest absolute Gasteiger partial charge is 0.545 e. The molecule has 2 heterocycles. The van der Waals surface area contributed by atoms with Gasteiger partial charge >= 0.3 is 0 Å². The number of carbonyl (C=O) groups excluding carboxylic acids is 3. The Labute approximate surface area is 151 Å². The predicted molar refractivity (Wildman–Crippen MR) is 90.5 cm³/mol. The van der Waals surface area contributed by atoms with Crippen LogP contribution >= 0.6 is 11.3 Å². The Bertz CT molecular complexity index is 1030. The lowest BCUT2D eigenvalue weighted by Crippen LogP contribution is -2.29. The molecule has 0 atom stereocenters. The molecule has 2 aromatic carbocycles. The first-order chi connectivity index (χ1) is 12.5. The van der Waals surface area contributed by atoms with E-state index in [1.165, 1.54) is 53.9 Å². The number of imide groups is 1. The minimum absolute atomic E-state index is 0.0335. The zero-order valence-corrected chi connectivity index (χ0v) is 13.9. The van der Waals surface area contributed by atoms with E-state index < -0.39 is 17.8 Å². The number of fused-ring (bicyclic) bond motifs is 1. The maximum atomic E-state index is 12.6. The van der Waals surface area contributed by atoms with E-state index in [-0.39, 0.29) is 16.7 Å². The lowest BCUT2D eigenvalue weighted by Gasteiger charge is -2.08. The van der Waals surface area contributed by atoms with Crippen molar-refractivity contribution in [1.82, 2.24) is 4.98 Å². The van der Waals surface area contributed by atoms with Gasteiger partial charge in [-0.1, -0.05) is 0 Å². The lowest BCUT2D eigenvalue weighted by molar-refractivity contribution is -0.255. The van der Waals surface area contributed by atoms with Gasteiger partial charge in [0.1, 0.15) is 11.5 Å². The molecule has 1 aromatic heterocycles. The number of nitrogens with zero attached hydrogens (tertiary/aromatic N) is 2. The molecule has 3 aromatic rings. The van der Waals surface area contributed by atoms with E-state index in [1.54, 1.807) is 11.4 Å². The van der Waals surface area contributed by atoms with Crippen LogP contribution in [0, 0.1) is 0 Å². The zero-order valence-electron chi connectivity index (χ0n) is 13.0. The molecule has 8 heteroatoms. The number of hydrogen-bond donors (Lipinski definition) is 0. The SMILES string of the molecule is O=C([O-])c1ccc(Oc2ccc3c(c2)C(=O)N(c2nccs2)C3=O)cc1. The second-order valence-corrected chi connectivity index (χ2v) is 6.25. The summed E-state index contributed by atoms with van der Waals surface area (Å²) in [6, 6.07) is 10.3. The third kappa shape index (κ3) is 2.62. The van der Waals surface area contributed by atoms with Crippen molar-refractivity contribution in [1.29, 1.82) is 0 Å². The van der Waals surface area contributed by atoms with Gasteiger partial charge in [0.2, 0.25) is 0 Å². The summed E-state index contributed by atoms with van der Waals surface area (Å²) in [6.45, 7) is 0. The molecular weight excluding hydrogens is 356 g/mol. The molecule has 0 aliphatic carbocycles. The average molecular weight is 365 g/mol. The number of aromatic nitrogens is 1. The molecule has 1 aliphatic heterocycles. The van der Waals surface area contributed by atoms with E-state index in [0.29, 0.717) is 16.6 Å². The van der Waals surface area contributed by atoms with Gasteiger partial charge in [0.15, 0.2) is 5.13 Å². The van der Waals surface area contributed by atoms with Crippen LogP contribution in [0.25, 0.3) is 0 Å². The molecule has 4 rings (SSSR count). The van der Waals surface area contributed by atoms with Gasteiger partial charge in [-0.25, -0.2) is 9.88 Å². The molecule has 0 bridgehead atoms. The van der Waals surface area contributed by atoms with Crippen LogP contribution in [0.4, 0.5) is 5.13 Å². The summed E-state index contributed by atoms with van der Waals surface area (Å²) in [6.07, 6.45) is 1.52. The van der Waals surface area contributed by atoms with E-state index in [1.807, 2.05) is 0 Å². The molecule has 0 unspecified atom stereocenters. The Kier molecular flexibility index (Phi) is 3.74. The fourth-order valence-corrected chi connectivity index (χ4v) is 3.22. The Balaban J connectivity index is 1.62. The summed E-state index contributed by atoms with van der Waals surface area (Å²) in [5.41, 5.74) is 0.546. The minimum Gasteiger partial charge on any atom is -0.545 e. The Morgan fingerprint density at radius 1 is 1.00 bits per heavy atom. The van der Waals surface area contributed by atoms with Gasteiger partial charge in [-0.3, -0.25) is 9.59 Å². The van der Waals surface area contributed by atoms with Crippen molar-refractivity contribution in [3.8, 4) is 11.5 Å². The van der Waals surface area contributed by atoms with Crippen LogP contribution < -0.4 is 14.7 Å². The highest BCUT2D eigenvalue weighted by Crippen LogP contribution is 2.33. The second-order valence-electron chi connectivity index (χ2n) is 5.38. The number of thiazole rings is 1. The van der Waals surface area contributed by atoms with Gasteiger partial charge in [-0.2, -0.15) is 0 Å². The number of ether oxygens (including phenoxy) is 1. The highest BCUT2D eigenvalue weighted by molar-refractivity contribution is 7.14.